The van der Waals surface area contributed by atoms with E-state index in [-0.39, 0.29) is 17.9 Å². The normalized spacial score (nSPS) is 13.2. The van der Waals surface area contributed by atoms with Gasteiger partial charge in [-0.25, -0.2) is 0 Å². The second kappa shape index (κ2) is 6.76. The second-order valence-corrected chi connectivity index (χ2v) is 7.50. The minimum atomic E-state index is 0.142. The van der Waals surface area contributed by atoms with Crippen LogP contribution < -0.4 is 0 Å². The third kappa shape index (κ3) is 4.42. The van der Waals surface area contributed by atoms with Gasteiger partial charge in [0.05, 0.1) is 6.61 Å². The minimum Gasteiger partial charge on any atom is -0.396 e. The fourth-order valence-corrected chi connectivity index (χ4v) is 2.89. The first-order chi connectivity index (χ1) is 9.90. The standard InChI is InChI=1S/C19H23BrO/c1-19(2,3)17-9-7-14(8-10-17)11-16(13-21)15-5-4-6-18(20)12-15/h4-10,12,16,21H,11,13H2,1-3H3. The molecule has 0 aliphatic rings. The zero-order valence-corrected chi connectivity index (χ0v) is 14.5. The van der Waals surface area contributed by atoms with E-state index in [4.69, 9.17) is 0 Å². The van der Waals surface area contributed by atoms with Gasteiger partial charge < -0.3 is 5.11 Å². The topological polar surface area (TPSA) is 20.2 Å². The van der Waals surface area contributed by atoms with Crippen LogP contribution in [0.2, 0.25) is 0 Å². The van der Waals surface area contributed by atoms with Gasteiger partial charge in [-0.05, 0) is 40.7 Å². The molecular weight excluding hydrogens is 324 g/mol. The Morgan fingerprint density at radius 1 is 1.05 bits per heavy atom. The molecule has 0 heterocycles. The monoisotopic (exact) mass is 346 g/mol. The average Bonchev–Trinajstić information content (AvgIpc) is 2.44. The van der Waals surface area contributed by atoms with E-state index in [2.05, 4.69) is 73.1 Å². The molecule has 0 fully saturated rings. The van der Waals surface area contributed by atoms with Crippen molar-refractivity contribution >= 4 is 15.9 Å². The number of benzene rings is 2. The van der Waals surface area contributed by atoms with Crippen molar-refractivity contribution in [1.82, 2.24) is 0 Å². The van der Waals surface area contributed by atoms with Gasteiger partial charge in [-0.1, -0.05) is 73.1 Å². The van der Waals surface area contributed by atoms with Gasteiger partial charge in [0.15, 0.2) is 0 Å². The molecule has 0 saturated carbocycles. The molecule has 1 N–H and O–H groups in total. The van der Waals surface area contributed by atoms with E-state index in [1.165, 1.54) is 16.7 Å². The maximum absolute atomic E-state index is 9.70. The lowest BCUT2D eigenvalue weighted by molar-refractivity contribution is 0.264. The molecule has 1 unspecified atom stereocenters. The fourth-order valence-electron chi connectivity index (χ4n) is 2.47. The van der Waals surface area contributed by atoms with Crippen molar-refractivity contribution < 1.29 is 5.11 Å². The van der Waals surface area contributed by atoms with Crippen LogP contribution in [0.15, 0.2) is 53.0 Å². The first kappa shape index (κ1) is 16.3. The predicted octanol–water partition coefficient (Wildman–Crippen LogP) is 5.07. The maximum Gasteiger partial charge on any atom is 0.0502 e. The van der Waals surface area contributed by atoms with Gasteiger partial charge in [0.2, 0.25) is 0 Å². The molecule has 112 valence electrons. The first-order valence-corrected chi connectivity index (χ1v) is 8.15. The van der Waals surface area contributed by atoms with Crippen molar-refractivity contribution in [2.75, 3.05) is 6.61 Å². The molecule has 0 radical (unpaired) electrons. The summed E-state index contributed by atoms with van der Waals surface area (Å²) in [5.74, 6) is 0.142. The molecule has 2 aromatic rings. The highest BCUT2D eigenvalue weighted by atomic mass is 79.9. The van der Waals surface area contributed by atoms with Crippen LogP contribution in [-0.2, 0) is 11.8 Å². The Bertz CT molecular complexity index is 581. The zero-order chi connectivity index (χ0) is 15.5. The number of halogens is 1. The van der Waals surface area contributed by atoms with Crippen LogP contribution in [0.25, 0.3) is 0 Å². The first-order valence-electron chi connectivity index (χ1n) is 7.36. The van der Waals surface area contributed by atoms with Gasteiger partial charge in [-0.15, -0.1) is 0 Å². The van der Waals surface area contributed by atoms with Gasteiger partial charge >= 0.3 is 0 Å². The molecule has 1 nitrogen and oxygen atoms in total. The third-order valence-electron chi connectivity index (χ3n) is 3.84. The molecule has 0 spiro atoms. The summed E-state index contributed by atoms with van der Waals surface area (Å²) < 4.78 is 1.06. The predicted molar refractivity (Wildman–Crippen MR) is 92.8 cm³/mol. The second-order valence-electron chi connectivity index (χ2n) is 6.59. The SMILES string of the molecule is CC(C)(C)c1ccc(CC(CO)c2cccc(Br)c2)cc1. The van der Waals surface area contributed by atoms with Gasteiger partial charge in [0.1, 0.15) is 0 Å². The van der Waals surface area contributed by atoms with Crippen molar-refractivity contribution in [2.45, 2.75) is 38.5 Å². The summed E-state index contributed by atoms with van der Waals surface area (Å²) in [5, 5.41) is 9.70. The van der Waals surface area contributed by atoms with E-state index in [1.807, 2.05) is 12.1 Å². The van der Waals surface area contributed by atoms with E-state index in [9.17, 15) is 5.11 Å². The minimum absolute atomic E-state index is 0.142. The molecule has 2 heteroatoms. The lowest BCUT2D eigenvalue weighted by Gasteiger charge is -2.20. The number of aliphatic hydroxyl groups excluding tert-OH is 1. The Morgan fingerprint density at radius 3 is 2.24 bits per heavy atom. The van der Waals surface area contributed by atoms with E-state index in [0.717, 1.165) is 10.9 Å². The van der Waals surface area contributed by atoms with Crippen LogP contribution >= 0.6 is 15.9 Å². The smallest absolute Gasteiger partial charge is 0.0502 e. The molecule has 0 aliphatic heterocycles. The number of rotatable bonds is 4. The van der Waals surface area contributed by atoms with Gasteiger partial charge in [-0.3, -0.25) is 0 Å². The van der Waals surface area contributed by atoms with Crippen LogP contribution in [-0.4, -0.2) is 11.7 Å². The molecule has 0 saturated heterocycles. The molecular formula is C19H23BrO. The Kier molecular flexibility index (Phi) is 5.23. The van der Waals surface area contributed by atoms with E-state index < -0.39 is 0 Å². The summed E-state index contributed by atoms with van der Waals surface area (Å²) in [4.78, 5) is 0. The van der Waals surface area contributed by atoms with Gasteiger partial charge in [0.25, 0.3) is 0 Å². The Balaban J connectivity index is 2.15. The summed E-state index contributed by atoms with van der Waals surface area (Å²) in [7, 11) is 0. The van der Waals surface area contributed by atoms with Crippen LogP contribution in [0.5, 0.6) is 0 Å². The summed E-state index contributed by atoms with van der Waals surface area (Å²) in [6, 6.07) is 17.0. The molecule has 0 aromatic heterocycles. The highest BCUT2D eigenvalue weighted by molar-refractivity contribution is 9.10. The van der Waals surface area contributed by atoms with E-state index in [1.54, 1.807) is 0 Å². The highest BCUT2D eigenvalue weighted by Crippen LogP contribution is 2.26. The maximum atomic E-state index is 9.70. The average molecular weight is 347 g/mol. The van der Waals surface area contributed by atoms with Crippen molar-refractivity contribution in [3.05, 3.63) is 69.7 Å². The summed E-state index contributed by atoms with van der Waals surface area (Å²) in [6.45, 7) is 6.83. The molecule has 0 aliphatic carbocycles. The summed E-state index contributed by atoms with van der Waals surface area (Å²) in [5.41, 5.74) is 3.96. The zero-order valence-electron chi connectivity index (χ0n) is 12.9. The molecule has 2 aromatic carbocycles. The third-order valence-corrected chi connectivity index (χ3v) is 4.34. The van der Waals surface area contributed by atoms with Gasteiger partial charge in [0, 0.05) is 10.4 Å². The number of hydrogen-bond donors (Lipinski definition) is 1. The summed E-state index contributed by atoms with van der Waals surface area (Å²) in [6.07, 6.45) is 0.859. The number of hydrogen-bond acceptors (Lipinski definition) is 1. The van der Waals surface area contributed by atoms with E-state index >= 15 is 0 Å². The Morgan fingerprint density at radius 2 is 1.71 bits per heavy atom. The van der Waals surface area contributed by atoms with Crippen LogP contribution in [0, 0.1) is 0 Å². The van der Waals surface area contributed by atoms with Crippen molar-refractivity contribution in [2.24, 2.45) is 0 Å². The van der Waals surface area contributed by atoms with Crippen LogP contribution in [0.4, 0.5) is 0 Å². The van der Waals surface area contributed by atoms with E-state index in [0.29, 0.717) is 0 Å². The van der Waals surface area contributed by atoms with Crippen molar-refractivity contribution in [3.8, 4) is 0 Å². The Labute approximate surface area is 136 Å². The van der Waals surface area contributed by atoms with Crippen molar-refractivity contribution in [3.63, 3.8) is 0 Å². The molecule has 21 heavy (non-hydrogen) atoms. The summed E-state index contributed by atoms with van der Waals surface area (Å²) >= 11 is 3.49. The highest BCUT2D eigenvalue weighted by Gasteiger charge is 2.15. The Hall–Kier alpha value is -1.12. The lowest BCUT2D eigenvalue weighted by atomic mass is 9.85. The number of aliphatic hydroxyl groups is 1. The fraction of sp³-hybridized carbons (Fsp3) is 0.368. The largest absolute Gasteiger partial charge is 0.396 e. The quantitative estimate of drug-likeness (QED) is 0.819. The molecule has 2 rings (SSSR count). The molecule has 1 atom stereocenters. The molecule has 0 bridgehead atoms. The van der Waals surface area contributed by atoms with Gasteiger partial charge in [-0.2, -0.15) is 0 Å². The lowest BCUT2D eigenvalue weighted by Crippen LogP contribution is -2.11. The molecule has 0 amide bonds. The van der Waals surface area contributed by atoms with Crippen LogP contribution in [0.3, 0.4) is 0 Å². The van der Waals surface area contributed by atoms with Crippen molar-refractivity contribution in [1.29, 1.82) is 0 Å². The van der Waals surface area contributed by atoms with Crippen LogP contribution in [0.1, 0.15) is 43.4 Å².